The molecule has 0 spiro atoms. The van der Waals surface area contributed by atoms with E-state index < -0.39 is 21.5 Å². The Morgan fingerprint density at radius 1 is 1.31 bits per heavy atom. The first kappa shape index (κ1) is 18.2. The number of ether oxygens (including phenoxy) is 1. The molecule has 2 aromatic heterocycles. The van der Waals surface area contributed by atoms with E-state index in [-0.39, 0.29) is 10.8 Å². The van der Waals surface area contributed by atoms with Gasteiger partial charge in [0.25, 0.3) is 0 Å². The second kappa shape index (κ2) is 7.76. The summed E-state index contributed by atoms with van der Waals surface area (Å²) in [6, 6.07) is 6.81. The Morgan fingerprint density at radius 2 is 2.12 bits per heavy atom. The molecular formula is C15H12ClN6O3Zn. The molecular weight excluding hydrogens is 413 g/mol. The van der Waals surface area contributed by atoms with Gasteiger partial charge in [-0.05, 0) is 0 Å². The Labute approximate surface area is 160 Å². The van der Waals surface area contributed by atoms with Crippen molar-refractivity contribution in [3.63, 3.8) is 0 Å². The van der Waals surface area contributed by atoms with Crippen LogP contribution in [-0.4, -0.2) is 36.4 Å². The molecule has 129 valence electrons. The van der Waals surface area contributed by atoms with Gasteiger partial charge in [-0.2, -0.15) is 0 Å². The second-order valence-electron chi connectivity index (χ2n) is 5.25. The molecule has 1 N–H and O–H groups in total. The van der Waals surface area contributed by atoms with Crippen LogP contribution >= 0.6 is 11.6 Å². The van der Waals surface area contributed by atoms with E-state index in [1.807, 2.05) is 6.07 Å². The Kier molecular flexibility index (Phi) is 5.44. The summed E-state index contributed by atoms with van der Waals surface area (Å²) in [7, 11) is 3.28. The van der Waals surface area contributed by atoms with E-state index >= 15 is 0 Å². The van der Waals surface area contributed by atoms with E-state index in [1.54, 1.807) is 30.2 Å². The van der Waals surface area contributed by atoms with Crippen LogP contribution in [0.1, 0.15) is 10.5 Å². The standard InChI is InChI=1S/C15H12ClN6O2.O.Zn/c1-22-8-17-15(21-22)9-4-3-5-10(14(9)24-2)18-11-6-13(16)20-19-12(11)7-23;;/h3-6,8H,1-2H3,(H,18,20);;. The van der Waals surface area contributed by atoms with Crippen LogP contribution in [0.4, 0.5) is 11.4 Å². The molecule has 0 bridgehead atoms. The number of carbonyl (C=O) groups excluding carboxylic acids is 1. The van der Waals surface area contributed by atoms with Crippen LogP contribution in [0.3, 0.4) is 0 Å². The molecule has 0 saturated heterocycles. The Bertz CT molecular complexity index is 993. The minimum atomic E-state index is -2.60. The summed E-state index contributed by atoms with van der Waals surface area (Å²) >= 11 is 3.29. The van der Waals surface area contributed by atoms with Crippen molar-refractivity contribution in [2.75, 3.05) is 12.4 Å². The monoisotopic (exact) mass is 423 g/mol. The third-order valence-corrected chi connectivity index (χ3v) is 4.93. The fraction of sp³-hybridized carbons (Fsp3) is 0.133. The Morgan fingerprint density at radius 3 is 2.77 bits per heavy atom. The molecule has 3 rings (SSSR count). The summed E-state index contributed by atoms with van der Waals surface area (Å²) in [4.78, 5) is 16.1. The number of nitrogens with zero attached hydrogens (tertiary/aromatic N) is 5. The van der Waals surface area contributed by atoms with Crippen molar-refractivity contribution in [1.82, 2.24) is 25.0 Å². The van der Waals surface area contributed by atoms with Crippen molar-refractivity contribution in [3.05, 3.63) is 41.4 Å². The van der Waals surface area contributed by atoms with E-state index in [1.165, 1.54) is 13.2 Å². The van der Waals surface area contributed by atoms with Gasteiger partial charge in [-0.1, -0.05) is 0 Å². The minimum absolute atomic E-state index is 0.00665. The van der Waals surface area contributed by atoms with Gasteiger partial charge >= 0.3 is 161 Å². The topological polar surface area (TPSA) is 112 Å². The number of benzene rings is 1. The maximum atomic E-state index is 11.9. The Hall–Kier alpha value is -2.58. The van der Waals surface area contributed by atoms with Gasteiger partial charge < -0.3 is 0 Å². The molecule has 0 fully saturated rings. The quantitative estimate of drug-likeness (QED) is 0.599. The molecule has 2 heterocycles. The number of halogens is 1. The zero-order valence-corrected chi connectivity index (χ0v) is 17.7. The van der Waals surface area contributed by atoms with Gasteiger partial charge in [0, 0.05) is 0 Å². The van der Waals surface area contributed by atoms with Crippen LogP contribution in [-0.2, 0) is 27.7 Å². The number of aryl methyl sites for hydroxylation is 1. The fourth-order valence-corrected chi connectivity index (χ4v) is 3.36. The summed E-state index contributed by atoms with van der Waals surface area (Å²) in [6.45, 7) is 0. The Balaban J connectivity index is 2.08. The van der Waals surface area contributed by atoms with Gasteiger partial charge in [0.2, 0.25) is 0 Å². The van der Waals surface area contributed by atoms with Gasteiger partial charge in [0.05, 0.1) is 0 Å². The number of nitrogens with one attached hydrogen (secondary N) is 1. The number of methoxy groups -OCH3 is 1. The zero-order chi connectivity index (χ0) is 18.7. The third kappa shape index (κ3) is 3.66. The van der Waals surface area contributed by atoms with Crippen molar-refractivity contribution in [3.8, 4) is 17.1 Å². The van der Waals surface area contributed by atoms with Crippen LogP contribution in [0.15, 0.2) is 30.6 Å². The van der Waals surface area contributed by atoms with Crippen LogP contribution in [0.2, 0.25) is 5.15 Å². The average Bonchev–Trinajstić information content (AvgIpc) is 3.07. The van der Waals surface area contributed by atoms with Crippen LogP contribution in [0.25, 0.3) is 11.4 Å². The molecule has 0 aliphatic rings. The van der Waals surface area contributed by atoms with Crippen molar-refractivity contribution < 1.29 is 30.2 Å². The molecule has 26 heavy (non-hydrogen) atoms. The van der Waals surface area contributed by atoms with Crippen LogP contribution < -0.4 is 10.1 Å². The number of para-hydroxylation sites is 1. The number of rotatable bonds is 6. The molecule has 3 aromatic rings. The van der Waals surface area contributed by atoms with Crippen molar-refractivity contribution >= 4 is 27.4 Å². The molecule has 0 saturated carbocycles. The number of hydrogen-bond acceptors (Lipinski definition) is 8. The third-order valence-electron chi connectivity index (χ3n) is 3.49. The molecule has 0 amide bonds. The van der Waals surface area contributed by atoms with Crippen LogP contribution in [0.5, 0.6) is 5.75 Å². The molecule has 0 atom stereocenters. The predicted molar refractivity (Wildman–Crippen MR) is 88.3 cm³/mol. The SMILES string of the molecule is COc1c(Nc2cc(Cl)nnc2[C](=O)[Zn]=[O])cccc1-c1ncn(C)n1. The van der Waals surface area contributed by atoms with Crippen molar-refractivity contribution in [2.24, 2.45) is 7.05 Å². The summed E-state index contributed by atoms with van der Waals surface area (Å²) in [5.41, 5.74) is 1.52. The molecule has 0 aliphatic carbocycles. The first-order valence-electron chi connectivity index (χ1n) is 7.48. The predicted octanol–water partition coefficient (Wildman–Crippen LogP) is 2.25. The molecule has 0 aliphatic heterocycles. The average molecular weight is 425 g/mol. The summed E-state index contributed by atoms with van der Waals surface area (Å²) in [5.74, 6) is 0.971. The molecule has 1 aromatic carbocycles. The van der Waals surface area contributed by atoms with E-state index in [4.69, 9.17) is 16.3 Å². The molecule has 9 nitrogen and oxygen atoms in total. The van der Waals surface area contributed by atoms with Crippen molar-refractivity contribution in [2.45, 2.75) is 0 Å². The van der Waals surface area contributed by atoms with Crippen LogP contribution in [0, 0.1) is 0 Å². The fourth-order valence-electron chi connectivity index (χ4n) is 2.38. The maximum absolute atomic E-state index is 11.9. The van der Waals surface area contributed by atoms with E-state index in [9.17, 15) is 8.37 Å². The van der Waals surface area contributed by atoms with E-state index in [0.717, 1.165) is 0 Å². The number of carbonyl (C=O) groups is 1. The normalized spacial score (nSPS) is 10.3. The van der Waals surface area contributed by atoms with Gasteiger partial charge in [-0.25, -0.2) is 0 Å². The molecule has 11 heteroatoms. The first-order chi connectivity index (χ1) is 12.5. The molecule has 0 radical (unpaired) electrons. The number of aromatic nitrogens is 5. The van der Waals surface area contributed by atoms with Gasteiger partial charge in [0.15, 0.2) is 0 Å². The summed E-state index contributed by atoms with van der Waals surface area (Å²) in [5, 5.41) is 14.9. The molecule has 0 unspecified atom stereocenters. The summed E-state index contributed by atoms with van der Waals surface area (Å²) < 4.78 is 17.7. The van der Waals surface area contributed by atoms with Gasteiger partial charge in [-0.3, -0.25) is 0 Å². The first-order valence-corrected chi connectivity index (χ1v) is 10.5. The van der Waals surface area contributed by atoms with Gasteiger partial charge in [-0.15, -0.1) is 0 Å². The second-order valence-corrected chi connectivity index (χ2v) is 7.59. The number of anilines is 2. The number of hydrogen-bond donors (Lipinski definition) is 1. The zero-order valence-electron chi connectivity index (χ0n) is 13.9. The van der Waals surface area contributed by atoms with E-state index in [0.29, 0.717) is 28.5 Å². The summed E-state index contributed by atoms with van der Waals surface area (Å²) in [6.07, 6.45) is 1.58. The van der Waals surface area contributed by atoms with Crippen molar-refractivity contribution in [1.29, 1.82) is 0 Å². The van der Waals surface area contributed by atoms with Gasteiger partial charge in [0.1, 0.15) is 0 Å². The van der Waals surface area contributed by atoms with E-state index in [2.05, 4.69) is 25.6 Å².